The molecule has 0 bridgehead atoms. The molecule has 1 fully saturated rings. The van der Waals surface area contributed by atoms with Crippen molar-refractivity contribution >= 4 is 17.2 Å². The van der Waals surface area contributed by atoms with Crippen molar-refractivity contribution in [3.05, 3.63) is 40.2 Å². The van der Waals surface area contributed by atoms with E-state index in [9.17, 15) is 4.79 Å². The van der Waals surface area contributed by atoms with Crippen LogP contribution in [0.15, 0.2) is 28.3 Å². The van der Waals surface area contributed by atoms with Gasteiger partial charge in [-0.1, -0.05) is 12.8 Å². The van der Waals surface area contributed by atoms with Crippen LogP contribution in [0.1, 0.15) is 54.5 Å². The van der Waals surface area contributed by atoms with Gasteiger partial charge in [-0.05, 0) is 38.3 Å². The Morgan fingerprint density at radius 2 is 2.36 bits per heavy atom. The molecule has 0 aliphatic carbocycles. The summed E-state index contributed by atoms with van der Waals surface area (Å²) in [6, 6.07) is 4.00. The maximum Gasteiger partial charge on any atom is 0.223 e. The molecule has 4 nitrogen and oxygen atoms in total. The molecule has 2 aromatic rings. The molecule has 3 rings (SSSR count). The molecule has 22 heavy (non-hydrogen) atoms. The van der Waals surface area contributed by atoms with Crippen LogP contribution in [0.3, 0.4) is 0 Å². The van der Waals surface area contributed by atoms with Crippen molar-refractivity contribution in [1.82, 2.24) is 9.88 Å². The highest BCUT2D eigenvalue weighted by Gasteiger charge is 2.28. The molecule has 1 aliphatic rings. The highest BCUT2D eigenvalue weighted by atomic mass is 32.1. The second kappa shape index (κ2) is 7.09. The van der Waals surface area contributed by atoms with Crippen molar-refractivity contribution in [2.45, 2.75) is 51.5 Å². The lowest BCUT2D eigenvalue weighted by atomic mass is 10.1. The molecule has 118 valence electrons. The van der Waals surface area contributed by atoms with E-state index >= 15 is 0 Å². The summed E-state index contributed by atoms with van der Waals surface area (Å²) in [5.41, 5.74) is 2.91. The van der Waals surface area contributed by atoms with Gasteiger partial charge in [-0.15, -0.1) is 11.3 Å². The summed E-state index contributed by atoms with van der Waals surface area (Å²) in [5, 5.41) is 0. The minimum Gasteiger partial charge on any atom is -0.467 e. The highest BCUT2D eigenvalue weighted by Crippen LogP contribution is 2.31. The first kappa shape index (κ1) is 15.3. The van der Waals surface area contributed by atoms with E-state index < -0.39 is 0 Å². The molecule has 0 aromatic carbocycles. The Kier molecular flexibility index (Phi) is 4.93. The topological polar surface area (TPSA) is 46.3 Å². The molecular weight excluding hydrogens is 296 g/mol. The summed E-state index contributed by atoms with van der Waals surface area (Å²) in [6.45, 7) is 2.85. The summed E-state index contributed by atoms with van der Waals surface area (Å²) in [4.78, 5) is 20.2. The molecule has 3 heterocycles. The molecule has 0 radical (unpaired) electrons. The summed E-state index contributed by atoms with van der Waals surface area (Å²) in [5.74, 6) is 1.15. The molecular formula is C17H22N2O2S. The van der Waals surface area contributed by atoms with Gasteiger partial charge in [0, 0.05) is 17.8 Å². The van der Waals surface area contributed by atoms with Crippen LogP contribution in [0, 0.1) is 6.92 Å². The van der Waals surface area contributed by atoms with Gasteiger partial charge in [-0.3, -0.25) is 4.79 Å². The molecule has 0 N–H and O–H groups in total. The van der Waals surface area contributed by atoms with Gasteiger partial charge in [0.25, 0.3) is 0 Å². The summed E-state index contributed by atoms with van der Waals surface area (Å²) >= 11 is 1.64. The Labute approximate surface area is 135 Å². The van der Waals surface area contributed by atoms with Crippen molar-refractivity contribution in [2.24, 2.45) is 0 Å². The number of nitrogens with zero attached hydrogens (tertiary/aromatic N) is 2. The van der Waals surface area contributed by atoms with Crippen LogP contribution < -0.4 is 0 Å². The standard InChI is InChI=1S/C17H22N2O2S/c1-13-16(22-12-18-13)8-9-17(20)19-10-4-2-3-6-14(19)15-7-5-11-21-15/h5,7,11-12,14H,2-4,6,8-10H2,1H3. The first-order chi connectivity index (χ1) is 10.8. The van der Waals surface area contributed by atoms with E-state index in [0.717, 1.165) is 43.7 Å². The molecule has 5 heteroatoms. The zero-order valence-corrected chi connectivity index (χ0v) is 13.8. The van der Waals surface area contributed by atoms with Crippen LogP contribution in [0.25, 0.3) is 0 Å². The van der Waals surface area contributed by atoms with Gasteiger partial charge in [-0.25, -0.2) is 4.98 Å². The number of carbonyl (C=O) groups excluding carboxylic acids is 1. The Morgan fingerprint density at radius 3 is 3.09 bits per heavy atom. The van der Waals surface area contributed by atoms with E-state index in [2.05, 4.69) is 4.98 Å². The third-order valence-electron chi connectivity index (χ3n) is 4.36. The molecule has 0 spiro atoms. The van der Waals surface area contributed by atoms with Crippen molar-refractivity contribution < 1.29 is 9.21 Å². The van der Waals surface area contributed by atoms with Gasteiger partial charge < -0.3 is 9.32 Å². The second-order valence-corrected chi connectivity index (χ2v) is 6.77. The maximum atomic E-state index is 12.7. The number of hydrogen-bond acceptors (Lipinski definition) is 4. The van der Waals surface area contributed by atoms with Crippen molar-refractivity contribution in [3.8, 4) is 0 Å². The average molecular weight is 318 g/mol. The first-order valence-corrected chi connectivity index (χ1v) is 8.85. The summed E-state index contributed by atoms with van der Waals surface area (Å²) in [6.07, 6.45) is 7.47. The Balaban J connectivity index is 1.69. The fourth-order valence-corrected chi connectivity index (χ4v) is 3.89. The normalized spacial score (nSPS) is 19.1. The lowest BCUT2D eigenvalue weighted by Gasteiger charge is -2.28. The number of rotatable bonds is 4. The van der Waals surface area contributed by atoms with Gasteiger partial charge in [-0.2, -0.15) is 0 Å². The zero-order valence-electron chi connectivity index (χ0n) is 13.0. The number of thiazole rings is 1. The monoisotopic (exact) mass is 318 g/mol. The number of aromatic nitrogens is 1. The lowest BCUT2D eigenvalue weighted by Crippen LogP contribution is -2.34. The Morgan fingerprint density at radius 1 is 1.45 bits per heavy atom. The Hall–Kier alpha value is -1.62. The van der Waals surface area contributed by atoms with Crippen LogP contribution in [-0.2, 0) is 11.2 Å². The van der Waals surface area contributed by atoms with Gasteiger partial charge in [0.05, 0.1) is 23.5 Å². The van der Waals surface area contributed by atoms with Crippen molar-refractivity contribution in [1.29, 1.82) is 0 Å². The predicted octanol–water partition coefficient (Wildman–Crippen LogP) is 4.12. The lowest BCUT2D eigenvalue weighted by molar-refractivity contribution is -0.134. The number of likely N-dealkylation sites (tertiary alicyclic amines) is 1. The van der Waals surface area contributed by atoms with E-state index in [0.29, 0.717) is 6.42 Å². The van der Waals surface area contributed by atoms with Crippen LogP contribution in [0.5, 0.6) is 0 Å². The van der Waals surface area contributed by atoms with Crippen LogP contribution >= 0.6 is 11.3 Å². The molecule has 1 unspecified atom stereocenters. The van der Waals surface area contributed by atoms with Gasteiger partial charge in [0.1, 0.15) is 5.76 Å². The second-order valence-electron chi connectivity index (χ2n) is 5.83. The minimum atomic E-state index is 0.104. The predicted molar refractivity (Wildman–Crippen MR) is 86.8 cm³/mol. The fourth-order valence-electron chi connectivity index (χ4n) is 3.11. The van der Waals surface area contributed by atoms with Crippen LogP contribution in [0.4, 0.5) is 0 Å². The van der Waals surface area contributed by atoms with Gasteiger partial charge in [0.2, 0.25) is 5.91 Å². The van der Waals surface area contributed by atoms with E-state index in [4.69, 9.17) is 4.42 Å². The fraction of sp³-hybridized carbons (Fsp3) is 0.529. The zero-order chi connectivity index (χ0) is 15.4. The molecule has 1 saturated heterocycles. The molecule has 1 aliphatic heterocycles. The molecule has 1 atom stereocenters. The van der Waals surface area contributed by atoms with Gasteiger partial charge >= 0.3 is 0 Å². The first-order valence-electron chi connectivity index (χ1n) is 7.97. The maximum absolute atomic E-state index is 12.7. The Bertz CT molecular complexity index is 606. The van der Waals surface area contributed by atoms with Crippen molar-refractivity contribution in [3.63, 3.8) is 0 Å². The number of furan rings is 1. The summed E-state index contributed by atoms with van der Waals surface area (Å²) < 4.78 is 5.58. The smallest absolute Gasteiger partial charge is 0.223 e. The van der Waals surface area contributed by atoms with Crippen LogP contribution in [-0.4, -0.2) is 22.3 Å². The van der Waals surface area contributed by atoms with E-state index in [1.54, 1.807) is 17.6 Å². The third-order valence-corrected chi connectivity index (χ3v) is 5.35. The highest BCUT2D eigenvalue weighted by molar-refractivity contribution is 7.09. The van der Waals surface area contributed by atoms with E-state index in [-0.39, 0.29) is 11.9 Å². The van der Waals surface area contributed by atoms with E-state index in [1.165, 1.54) is 11.3 Å². The largest absolute Gasteiger partial charge is 0.467 e. The van der Waals surface area contributed by atoms with Crippen molar-refractivity contribution in [2.75, 3.05) is 6.54 Å². The SMILES string of the molecule is Cc1ncsc1CCC(=O)N1CCCCCC1c1ccco1. The van der Waals surface area contributed by atoms with Gasteiger partial charge in [0.15, 0.2) is 0 Å². The molecule has 0 saturated carbocycles. The third kappa shape index (κ3) is 3.40. The average Bonchev–Trinajstić information content (AvgIpc) is 3.12. The summed E-state index contributed by atoms with van der Waals surface area (Å²) in [7, 11) is 0. The number of aryl methyl sites for hydroxylation is 2. The number of carbonyl (C=O) groups is 1. The molecule has 2 aromatic heterocycles. The molecule has 1 amide bonds. The number of hydrogen-bond donors (Lipinski definition) is 0. The number of amides is 1. The van der Waals surface area contributed by atoms with E-state index in [1.807, 2.05) is 29.5 Å². The minimum absolute atomic E-state index is 0.104. The quantitative estimate of drug-likeness (QED) is 0.852. The van der Waals surface area contributed by atoms with Crippen LogP contribution in [0.2, 0.25) is 0 Å².